The number of methoxy groups -OCH3 is 1. The molecule has 0 amide bonds. The topological polar surface area (TPSA) is 48.1 Å². The molecule has 3 aromatic rings. The number of rotatable bonds is 5. The van der Waals surface area contributed by atoms with Gasteiger partial charge in [0.25, 0.3) is 0 Å². The molecule has 0 N–H and O–H groups in total. The quantitative estimate of drug-likeness (QED) is 0.623. The van der Waals surface area contributed by atoms with Gasteiger partial charge >= 0.3 is 0 Å². The lowest BCUT2D eigenvalue weighted by molar-refractivity contribution is 0.128. The molecule has 4 rings (SSSR count). The van der Waals surface area contributed by atoms with Gasteiger partial charge in [-0.1, -0.05) is 6.92 Å². The highest BCUT2D eigenvalue weighted by atomic mass is 32.1. The summed E-state index contributed by atoms with van der Waals surface area (Å²) >= 11 is 7.48. The molecule has 1 atom stereocenters. The van der Waals surface area contributed by atoms with Crippen molar-refractivity contribution in [3.63, 3.8) is 0 Å². The first kappa shape index (κ1) is 17.4. The molecular weight excluding hydrogens is 366 g/mol. The Hall–Kier alpha value is -2.03. The number of hydrogen-bond acceptors (Lipinski definition) is 6. The summed E-state index contributed by atoms with van der Waals surface area (Å²) in [6.45, 7) is 3.91. The highest BCUT2D eigenvalue weighted by Crippen LogP contribution is 2.35. The molecule has 0 fully saturated rings. The Bertz CT molecular complexity index is 943. The summed E-state index contributed by atoms with van der Waals surface area (Å²) in [5.74, 6) is 0.804. The van der Waals surface area contributed by atoms with E-state index in [-0.39, 0.29) is 0 Å². The van der Waals surface area contributed by atoms with Gasteiger partial charge in [0.2, 0.25) is 4.77 Å². The molecule has 1 aromatic carbocycles. The Balaban J connectivity index is 1.58. The summed E-state index contributed by atoms with van der Waals surface area (Å²) in [4.78, 5) is 3.95. The molecule has 3 heterocycles. The Labute approximate surface area is 161 Å². The van der Waals surface area contributed by atoms with E-state index in [0.29, 0.717) is 17.5 Å². The molecule has 0 saturated carbocycles. The summed E-state index contributed by atoms with van der Waals surface area (Å²) < 4.78 is 9.30. The molecular formula is C18H21N5OS2. The van der Waals surface area contributed by atoms with Crippen LogP contribution >= 0.6 is 23.6 Å². The second kappa shape index (κ2) is 7.30. The van der Waals surface area contributed by atoms with Crippen LogP contribution in [-0.2, 0) is 13.1 Å². The third-order valence-electron chi connectivity index (χ3n) is 4.86. The minimum absolute atomic E-state index is 0.415. The maximum absolute atomic E-state index is 5.62. The first-order chi connectivity index (χ1) is 12.7. The monoisotopic (exact) mass is 387 g/mol. The SMILES string of the molecule is CC[C@@H]1c2ccsc2CCN1Cn1nnn(-c2ccc(OC)cc2)c1=S. The summed E-state index contributed by atoms with van der Waals surface area (Å²) in [5, 5.41) is 10.7. The molecule has 26 heavy (non-hydrogen) atoms. The number of ether oxygens (including phenoxy) is 1. The van der Waals surface area contributed by atoms with Gasteiger partial charge in [-0.3, -0.25) is 4.90 Å². The fourth-order valence-electron chi connectivity index (χ4n) is 3.52. The van der Waals surface area contributed by atoms with E-state index < -0.39 is 0 Å². The van der Waals surface area contributed by atoms with E-state index in [4.69, 9.17) is 17.0 Å². The predicted octanol–water partition coefficient (Wildman–Crippen LogP) is 3.84. The number of thiophene rings is 1. The van der Waals surface area contributed by atoms with Crippen molar-refractivity contribution in [3.05, 3.63) is 50.9 Å². The highest BCUT2D eigenvalue weighted by Gasteiger charge is 2.27. The zero-order chi connectivity index (χ0) is 18.1. The van der Waals surface area contributed by atoms with Crippen molar-refractivity contribution in [1.29, 1.82) is 0 Å². The molecule has 1 aliphatic heterocycles. The Morgan fingerprint density at radius 3 is 2.77 bits per heavy atom. The molecule has 8 heteroatoms. The van der Waals surface area contributed by atoms with E-state index in [1.807, 2.05) is 35.6 Å². The van der Waals surface area contributed by atoms with E-state index in [0.717, 1.165) is 30.8 Å². The van der Waals surface area contributed by atoms with Crippen molar-refractivity contribution in [2.45, 2.75) is 32.5 Å². The third kappa shape index (κ3) is 3.08. The van der Waals surface area contributed by atoms with Crippen molar-refractivity contribution >= 4 is 23.6 Å². The molecule has 0 unspecified atom stereocenters. The molecule has 0 aliphatic carbocycles. The maximum atomic E-state index is 5.62. The minimum Gasteiger partial charge on any atom is -0.497 e. The van der Waals surface area contributed by atoms with Gasteiger partial charge in [0, 0.05) is 17.5 Å². The summed E-state index contributed by atoms with van der Waals surface area (Å²) in [5.41, 5.74) is 2.34. The zero-order valence-corrected chi connectivity index (χ0v) is 16.5. The summed E-state index contributed by atoms with van der Waals surface area (Å²) in [7, 11) is 1.65. The van der Waals surface area contributed by atoms with E-state index in [9.17, 15) is 0 Å². The summed E-state index contributed by atoms with van der Waals surface area (Å²) in [6, 6.07) is 10.3. The lowest BCUT2D eigenvalue weighted by atomic mass is 9.98. The summed E-state index contributed by atoms with van der Waals surface area (Å²) in [6.07, 6.45) is 2.16. The Kier molecular flexibility index (Phi) is 4.88. The van der Waals surface area contributed by atoms with Gasteiger partial charge in [0.15, 0.2) is 0 Å². The molecule has 0 bridgehead atoms. The van der Waals surface area contributed by atoms with Gasteiger partial charge in [-0.25, -0.2) is 4.68 Å². The first-order valence-electron chi connectivity index (χ1n) is 8.68. The number of tetrazole rings is 1. The standard InChI is InChI=1S/C18H21N5OS2/c1-3-16-15-9-11-26-17(15)8-10-21(16)12-22-18(25)23(20-19-22)13-4-6-14(24-2)7-5-13/h4-7,9,11,16H,3,8,10,12H2,1-2H3/t16-/m1/s1. The lowest BCUT2D eigenvalue weighted by Gasteiger charge is -2.34. The smallest absolute Gasteiger partial charge is 0.221 e. The molecule has 6 nitrogen and oxygen atoms in total. The molecule has 0 saturated heterocycles. The van der Waals surface area contributed by atoms with Crippen LogP contribution in [0, 0.1) is 4.77 Å². The van der Waals surface area contributed by atoms with Crippen molar-refractivity contribution in [1.82, 2.24) is 24.7 Å². The van der Waals surface area contributed by atoms with E-state index in [1.54, 1.807) is 16.5 Å². The Morgan fingerprint density at radius 1 is 1.23 bits per heavy atom. The Morgan fingerprint density at radius 2 is 2.04 bits per heavy atom. The number of benzene rings is 1. The van der Waals surface area contributed by atoms with Crippen LogP contribution in [0.15, 0.2) is 35.7 Å². The molecule has 0 radical (unpaired) electrons. The van der Waals surface area contributed by atoms with Gasteiger partial charge in [-0.05, 0) is 76.8 Å². The van der Waals surface area contributed by atoms with E-state index in [1.165, 1.54) is 10.4 Å². The second-order valence-corrected chi connectivity index (χ2v) is 7.66. The highest BCUT2D eigenvalue weighted by molar-refractivity contribution is 7.71. The van der Waals surface area contributed by atoms with Gasteiger partial charge in [-0.2, -0.15) is 4.68 Å². The van der Waals surface area contributed by atoms with Gasteiger partial charge in [0.1, 0.15) is 5.75 Å². The number of aromatic nitrogens is 4. The predicted molar refractivity (Wildman–Crippen MR) is 104 cm³/mol. The fourth-order valence-corrected chi connectivity index (χ4v) is 4.68. The van der Waals surface area contributed by atoms with E-state index >= 15 is 0 Å². The van der Waals surface area contributed by atoms with Crippen molar-refractivity contribution in [2.24, 2.45) is 0 Å². The normalized spacial score (nSPS) is 17.2. The van der Waals surface area contributed by atoms with Crippen molar-refractivity contribution < 1.29 is 4.74 Å². The average molecular weight is 388 g/mol. The van der Waals surface area contributed by atoms with Crippen LogP contribution in [0.3, 0.4) is 0 Å². The average Bonchev–Trinajstić information content (AvgIpc) is 3.29. The van der Waals surface area contributed by atoms with Crippen LogP contribution in [0.25, 0.3) is 5.69 Å². The number of nitrogens with zero attached hydrogens (tertiary/aromatic N) is 5. The van der Waals surface area contributed by atoms with Gasteiger partial charge in [0.05, 0.1) is 19.5 Å². The minimum atomic E-state index is 0.415. The molecule has 0 spiro atoms. The zero-order valence-electron chi connectivity index (χ0n) is 14.8. The van der Waals surface area contributed by atoms with Crippen molar-refractivity contribution in [3.8, 4) is 11.4 Å². The molecule has 136 valence electrons. The lowest BCUT2D eigenvalue weighted by Crippen LogP contribution is -2.36. The van der Waals surface area contributed by atoms with Gasteiger partial charge < -0.3 is 4.74 Å². The maximum Gasteiger partial charge on any atom is 0.221 e. The van der Waals surface area contributed by atoms with Crippen molar-refractivity contribution in [2.75, 3.05) is 13.7 Å². The van der Waals surface area contributed by atoms with E-state index in [2.05, 4.69) is 33.7 Å². The van der Waals surface area contributed by atoms with Crippen LogP contribution in [0.2, 0.25) is 0 Å². The number of fused-ring (bicyclic) bond motifs is 1. The van der Waals surface area contributed by atoms with Crippen LogP contribution in [0.5, 0.6) is 5.75 Å². The third-order valence-corrected chi connectivity index (χ3v) is 6.24. The van der Waals surface area contributed by atoms with Crippen LogP contribution in [-0.4, -0.2) is 38.3 Å². The molecule has 1 aliphatic rings. The largest absolute Gasteiger partial charge is 0.497 e. The van der Waals surface area contributed by atoms with Crippen LogP contribution in [0.4, 0.5) is 0 Å². The molecule has 2 aromatic heterocycles. The second-order valence-electron chi connectivity index (χ2n) is 6.30. The first-order valence-corrected chi connectivity index (χ1v) is 9.97. The van der Waals surface area contributed by atoms with Crippen LogP contribution < -0.4 is 4.74 Å². The van der Waals surface area contributed by atoms with Crippen LogP contribution in [0.1, 0.15) is 29.8 Å². The van der Waals surface area contributed by atoms with Gasteiger partial charge in [-0.15, -0.1) is 11.3 Å². The fraction of sp³-hybridized carbons (Fsp3) is 0.389. The number of hydrogen-bond donors (Lipinski definition) is 0.